The number of rotatable bonds is 7. The highest BCUT2D eigenvalue weighted by molar-refractivity contribution is 7.93. The average Bonchev–Trinajstić information content (AvgIpc) is 2.57. The van der Waals surface area contributed by atoms with Crippen molar-refractivity contribution >= 4 is 33.3 Å². The topological polar surface area (TPSA) is 83.9 Å². The molecule has 134 valence electrons. The predicted octanol–water partition coefficient (Wildman–Crippen LogP) is 3.41. The van der Waals surface area contributed by atoms with E-state index >= 15 is 0 Å². The first kappa shape index (κ1) is 19.1. The number of benzene rings is 2. The zero-order valence-electron chi connectivity index (χ0n) is 13.7. The van der Waals surface area contributed by atoms with Gasteiger partial charge < -0.3 is 9.84 Å². The Bertz CT molecular complexity index is 852. The fourth-order valence-corrected chi connectivity index (χ4v) is 4.03. The standard InChI is InChI=1S/C17H18ClNO5S/c1-3-24-16-7-5-4-6-15(16)19(12(2)17(20)21)25(22,23)14-10-8-13(18)9-11-14/h4-12H,3H2,1-2H3,(H,20,21). The van der Waals surface area contributed by atoms with Gasteiger partial charge in [0.05, 0.1) is 17.2 Å². The number of carbonyl (C=O) groups is 1. The number of carboxylic acid groups (broad SMARTS) is 1. The van der Waals surface area contributed by atoms with Crippen LogP contribution in [0.15, 0.2) is 53.4 Å². The number of aliphatic carboxylic acids is 1. The molecule has 25 heavy (non-hydrogen) atoms. The summed E-state index contributed by atoms with van der Waals surface area (Å²) in [4.78, 5) is 11.5. The quantitative estimate of drug-likeness (QED) is 0.792. The summed E-state index contributed by atoms with van der Waals surface area (Å²) in [6.07, 6.45) is 0. The number of hydrogen-bond donors (Lipinski definition) is 1. The smallest absolute Gasteiger partial charge is 0.327 e. The van der Waals surface area contributed by atoms with Gasteiger partial charge in [-0.2, -0.15) is 0 Å². The molecule has 1 N–H and O–H groups in total. The third kappa shape index (κ3) is 4.05. The van der Waals surface area contributed by atoms with Crippen LogP contribution in [0.5, 0.6) is 5.75 Å². The molecule has 2 rings (SSSR count). The molecule has 0 aliphatic carbocycles. The van der Waals surface area contributed by atoms with E-state index in [0.717, 1.165) is 4.31 Å². The summed E-state index contributed by atoms with van der Waals surface area (Å²) in [6.45, 7) is 3.38. The Balaban J connectivity index is 2.65. The molecule has 0 heterocycles. The Morgan fingerprint density at radius 3 is 2.36 bits per heavy atom. The first-order valence-electron chi connectivity index (χ1n) is 7.53. The maximum Gasteiger partial charge on any atom is 0.327 e. The highest BCUT2D eigenvalue weighted by Gasteiger charge is 2.35. The largest absolute Gasteiger partial charge is 0.492 e. The van der Waals surface area contributed by atoms with Crippen LogP contribution in [0.4, 0.5) is 5.69 Å². The summed E-state index contributed by atoms with van der Waals surface area (Å²) in [5.41, 5.74) is 0.161. The number of anilines is 1. The zero-order valence-corrected chi connectivity index (χ0v) is 15.3. The number of ether oxygens (including phenoxy) is 1. The minimum Gasteiger partial charge on any atom is -0.492 e. The molecule has 0 aliphatic rings. The molecule has 0 saturated heterocycles. The molecular weight excluding hydrogens is 366 g/mol. The summed E-state index contributed by atoms with van der Waals surface area (Å²) in [5.74, 6) is -0.987. The normalized spacial score (nSPS) is 12.4. The van der Waals surface area contributed by atoms with Crippen molar-refractivity contribution in [3.8, 4) is 5.75 Å². The molecule has 2 aromatic rings. The second-order valence-electron chi connectivity index (χ2n) is 5.17. The van der Waals surface area contributed by atoms with Gasteiger partial charge in [-0.25, -0.2) is 17.5 Å². The SMILES string of the molecule is CCOc1ccccc1N(C(C)C(=O)O)S(=O)(=O)c1ccc(Cl)cc1. The second kappa shape index (κ2) is 7.76. The van der Waals surface area contributed by atoms with E-state index in [9.17, 15) is 18.3 Å². The van der Waals surface area contributed by atoms with Gasteiger partial charge in [-0.05, 0) is 50.2 Å². The first-order valence-corrected chi connectivity index (χ1v) is 9.35. The zero-order chi connectivity index (χ0) is 18.6. The van der Waals surface area contributed by atoms with Gasteiger partial charge in [-0.1, -0.05) is 23.7 Å². The monoisotopic (exact) mass is 383 g/mol. The fourth-order valence-electron chi connectivity index (χ4n) is 2.28. The second-order valence-corrected chi connectivity index (χ2v) is 7.42. The summed E-state index contributed by atoms with van der Waals surface area (Å²) in [7, 11) is -4.14. The van der Waals surface area contributed by atoms with Crippen LogP contribution in [0.2, 0.25) is 5.02 Å². The van der Waals surface area contributed by atoms with Crippen LogP contribution < -0.4 is 9.04 Å². The van der Waals surface area contributed by atoms with Gasteiger partial charge in [0.25, 0.3) is 10.0 Å². The average molecular weight is 384 g/mol. The van der Waals surface area contributed by atoms with Crippen molar-refractivity contribution in [3.05, 3.63) is 53.6 Å². The number of halogens is 1. The summed E-state index contributed by atoms with van der Waals surface area (Å²) in [5, 5.41) is 9.80. The van der Waals surface area contributed by atoms with E-state index in [1.807, 2.05) is 0 Å². The molecule has 8 heteroatoms. The van der Waals surface area contributed by atoms with Crippen molar-refractivity contribution in [2.75, 3.05) is 10.9 Å². The lowest BCUT2D eigenvalue weighted by Crippen LogP contribution is -2.43. The Morgan fingerprint density at radius 2 is 1.80 bits per heavy atom. The van der Waals surface area contributed by atoms with E-state index in [-0.39, 0.29) is 16.3 Å². The number of para-hydroxylation sites is 2. The fraction of sp³-hybridized carbons (Fsp3) is 0.235. The highest BCUT2D eigenvalue weighted by Crippen LogP contribution is 2.34. The summed E-state index contributed by atoms with van der Waals surface area (Å²) in [6, 6.07) is 10.6. The lowest BCUT2D eigenvalue weighted by molar-refractivity contribution is -0.137. The van der Waals surface area contributed by atoms with E-state index in [0.29, 0.717) is 11.6 Å². The van der Waals surface area contributed by atoms with Crippen LogP contribution in [0.1, 0.15) is 13.8 Å². The van der Waals surface area contributed by atoms with Crippen LogP contribution in [0.25, 0.3) is 0 Å². The van der Waals surface area contributed by atoms with Gasteiger partial charge in [0.1, 0.15) is 11.8 Å². The summed E-state index contributed by atoms with van der Waals surface area (Å²) < 4.78 is 32.5. The van der Waals surface area contributed by atoms with Crippen molar-refractivity contribution in [1.29, 1.82) is 0 Å². The Hall–Kier alpha value is -2.25. The molecule has 0 radical (unpaired) electrons. The number of hydrogen-bond acceptors (Lipinski definition) is 4. The lowest BCUT2D eigenvalue weighted by atomic mass is 10.2. The summed E-state index contributed by atoms with van der Waals surface area (Å²) >= 11 is 5.82. The molecule has 2 aromatic carbocycles. The minimum absolute atomic E-state index is 0.0590. The Labute approximate surface area is 151 Å². The highest BCUT2D eigenvalue weighted by atomic mass is 35.5. The molecule has 0 aromatic heterocycles. The predicted molar refractivity (Wildman–Crippen MR) is 95.8 cm³/mol. The molecule has 1 atom stereocenters. The minimum atomic E-state index is -4.14. The van der Waals surface area contributed by atoms with Gasteiger partial charge in [0.2, 0.25) is 0 Å². The Morgan fingerprint density at radius 1 is 1.20 bits per heavy atom. The molecule has 0 spiro atoms. The van der Waals surface area contributed by atoms with Crippen molar-refractivity contribution < 1.29 is 23.1 Å². The van der Waals surface area contributed by atoms with Crippen LogP contribution in [-0.2, 0) is 14.8 Å². The molecule has 0 amide bonds. The Kier molecular flexibility index (Phi) is 5.92. The van der Waals surface area contributed by atoms with E-state index in [4.69, 9.17) is 16.3 Å². The van der Waals surface area contributed by atoms with Crippen LogP contribution in [-0.4, -0.2) is 32.1 Å². The number of sulfonamides is 1. The van der Waals surface area contributed by atoms with Gasteiger partial charge in [-0.15, -0.1) is 0 Å². The van der Waals surface area contributed by atoms with E-state index in [2.05, 4.69) is 0 Å². The first-order chi connectivity index (χ1) is 11.8. The molecule has 0 saturated carbocycles. The van der Waals surface area contributed by atoms with Crippen LogP contribution >= 0.6 is 11.6 Å². The maximum absolute atomic E-state index is 13.1. The van der Waals surface area contributed by atoms with E-state index in [1.165, 1.54) is 37.3 Å². The molecular formula is C17H18ClNO5S. The van der Waals surface area contributed by atoms with Gasteiger partial charge in [0.15, 0.2) is 0 Å². The van der Waals surface area contributed by atoms with Crippen molar-refractivity contribution in [1.82, 2.24) is 0 Å². The number of nitrogens with zero attached hydrogens (tertiary/aromatic N) is 1. The lowest BCUT2D eigenvalue weighted by Gasteiger charge is -2.29. The van der Waals surface area contributed by atoms with Gasteiger partial charge in [0, 0.05) is 5.02 Å². The van der Waals surface area contributed by atoms with Crippen molar-refractivity contribution in [2.45, 2.75) is 24.8 Å². The molecule has 0 aliphatic heterocycles. The molecule has 0 fully saturated rings. The van der Waals surface area contributed by atoms with Crippen molar-refractivity contribution in [2.24, 2.45) is 0 Å². The molecule has 1 unspecified atom stereocenters. The van der Waals surface area contributed by atoms with Gasteiger partial charge in [-0.3, -0.25) is 0 Å². The number of carboxylic acids is 1. The maximum atomic E-state index is 13.1. The molecule has 6 nitrogen and oxygen atoms in total. The molecule has 0 bridgehead atoms. The van der Waals surface area contributed by atoms with E-state index in [1.54, 1.807) is 25.1 Å². The third-order valence-electron chi connectivity index (χ3n) is 3.48. The van der Waals surface area contributed by atoms with Crippen LogP contribution in [0, 0.1) is 0 Å². The van der Waals surface area contributed by atoms with E-state index < -0.39 is 22.0 Å². The third-order valence-corrected chi connectivity index (χ3v) is 5.63. The van der Waals surface area contributed by atoms with Crippen molar-refractivity contribution in [3.63, 3.8) is 0 Å². The van der Waals surface area contributed by atoms with Crippen LogP contribution in [0.3, 0.4) is 0 Å². The van der Waals surface area contributed by atoms with Gasteiger partial charge >= 0.3 is 5.97 Å².